The standard InChI is InChI=1S/C11H21N3/c1-11(2)5-3-9(4-6-11)14-10-12-7-8-13-10/h9H,3-8H2,1-2H3,(H2,12,13,14). The van der Waals surface area contributed by atoms with E-state index in [2.05, 4.69) is 29.5 Å². The van der Waals surface area contributed by atoms with Gasteiger partial charge in [-0.1, -0.05) is 13.8 Å². The van der Waals surface area contributed by atoms with E-state index < -0.39 is 0 Å². The van der Waals surface area contributed by atoms with Crippen LogP contribution in [0.4, 0.5) is 0 Å². The minimum atomic E-state index is 0.559. The zero-order valence-electron chi connectivity index (χ0n) is 9.27. The van der Waals surface area contributed by atoms with Crippen LogP contribution in [0.1, 0.15) is 39.5 Å². The molecule has 0 unspecified atom stereocenters. The Morgan fingerprint density at radius 3 is 2.64 bits per heavy atom. The highest BCUT2D eigenvalue weighted by molar-refractivity contribution is 5.81. The summed E-state index contributed by atoms with van der Waals surface area (Å²) >= 11 is 0. The highest BCUT2D eigenvalue weighted by Crippen LogP contribution is 2.34. The van der Waals surface area contributed by atoms with E-state index in [1.807, 2.05) is 0 Å². The third-order valence-corrected chi connectivity index (χ3v) is 3.35. The SMILES string of the molecule is CC1(C)CCC(NC2=NCCN2)CC1. The van der Waals surface area contributed by atoms with Crippen molar-refractivity contribution in [1.82, 2.24) is 10.6 Å². The van der Waals surface area contributed by atoms with Gasteiger partial charge in [0, 0.05) is 12.6 Å². The summed E-state index contributed by atoms with van der Waals surface area (Å²) in [6.07, 6.45) is 5.23. The fourth-order valence-electron chi connectivity index (χ4n) is 2.23. The van der Waals surface area contributed by atoms with Crippen LogP contribution in [0.3, 0.4) is 0 Å². The minimum Gasteiger partial charge on any atom is -0.355 e. The van der Waals surface area contributed by atoms with Gasteiger partial charge in [0.05, 0.1) is 6.54 Å². The Balaban J connectivity index is 1.78. The van der Waals surface area contributed by atoms with E-state index in [1.54, 1.807) is 0 Å². The molecule has 1 aliphatic carbocycles. The molecule has 2 rings (SSSR count). The molecule has 80 valence electrons. The minimum absolute atomic E-state index is 0.559. The monoisotopic (exact) mass is 195 g/mol. The quantitative estimate of drug-likeness (QED) is 0.665. The van der Waals surface area contributed by atoms with Crippen molar-refractivity contribution in [3.8, 4) is 0 Å². The first-order valence-electron chi connectivity index (χ1n) is 5.71. The van der Waals surface area contributed by atoms with Crippen molar-refractivity contribution in [3.63, 3.8) is 0 Å². The molecule has 0 saturated heterocycles. The lowest BCUT2D eigenvalue weighted by Gasteiger charge is -2.34. The Bertz CT molecular complexity index is 223. The van der Waals surface area contributed by atoms with Gasteiger partial charge in [-0.25, -0.2) is 0 Å². The first-order chi connectivity index (χ1) is 6.66. The molecule has 1 heterocycles. The summed E-state index contributed by atoms with van der Waals surface area (Å²) in [5.41, 5.74) is 0.559. The second kappa shape index (κ2) is 3.79. The summed E-state index contributed by atoms with van der Waals surface area (Å²) in [5, 5.41) is 6.76. The highest BCUT2D eigenvalue weighted by atomic mass is 15.2. The predicted octanol–water partition coefficient (Wildman–Crippen LogP) is 1.50. The van der Waals surface area contributed by atoms with Gasteiger partial charge in [0.1, 0.15) is 0 Å². The second-order valence-electron chi connectivity index (χ2n) is 5.24. The number of nitrogens with one attached hydrogen (secondary N) is 2. The highest BCUT2D eigenvalue weighted by Gasteiger charge is 2.27. The Morgan fingerprint density at radius 2 is 2.07 bits per heavy atom. The van der Waals surface area contributed by atoms with E-state index >= 15 is 0 Å². The fourth-order valence-corrected chi connectivity index (χ4v) is 2.23. The Morgan fingerprint density at radius 1 is 1.36 bits per heavy atom. The van der Waals surface area contributed by atoms with Crippen LogP contribution in [-0.4, -0.2) is 25.1 Å². The van der Waals surface area contributed by atoms with Crippen LogP contribution in [0.15, 0.2) is 4.99 Å². The molecule has 3 heteroatoms. The maximum Gasteiger partial charge on any atom is 0.191 e. The van der Waals surface area contributed by atoms with Crippen LogP contribution in [0.2, 0.25) is 0 Å². The summed E-state index contributed by atoms with van der Waals surface area (Å²) in [6.45, 7) is 6.67. The maximum atomic E-state index is 4.36. The van der Waals surface area contributed by atoms with Crippen molar-refractivity contribution in [2.24, 2.45) is 10.4 Å². The van der Waals surface area contributed by atoms with Crippen molar-refractivity contribution in [2.45, 2.75) is 45.6 Å². The molecule has 1 aliphatic heterocycles. The zero-order valence-corrected chi connectivity index (χ0v) is 9.27. The molecular weight excluding hydrogens is 174 g/mol. The van der Waals surface area contributed by atoms with Gasteiger partial charge in [-0.2, -0.15) is 0 Å². The lowest BCUT2D eigenvalue weighted by atomic mass is 9.76. The van der Waals surface area contributed by atoms with Gasteiger partial charge < -0.3 is 10.6 Å². The largest absolute Gasteiger partial charge is 0.355 e. The smallest absolute Gasteiger partial charge is 0.191 e. The third kappa shape index (κ3) is 2.40. The van der Waals surface area contributed by atoms with Gasteiger partial charge >= 0.3 is 0 Å². The van der Waals surface area contributed by atoms with Gasteiger partial charge in [-0.05, 0) is 31.1 Å². The average Bonchev–Trinajstić information content (AvgIpc) is 2.61. The first kappa shape index (κ1) is 9.81. The molecule has 0 radical (unpaired) electrons. The van der Waals surface area contributed by atoms with Gasteiger partial charge in [-0.15, -0.1) is 0 Å². The fraction of sp³-hybridized carbons (Fsp3) is 0.909. The van der Waals surface area contributed by atoms with Gasteiger partial charge in [-0.3, -0.25) is 4.99 Å². The van der Waals surface area contributed by atoms with E-state index in [9.17, 15) is 0 Å². The van der Waals surface area contributed by atoms with Crippen LogP contribution in [-0.2, 0) is 0 Å². The lowest BCUT2D eigenvalue weighted by Crippen LogP contribution is -2.43. The summed E-state index contributed by atoms with van der Waals surface area (Å²) in [4.78, 5) is 4.36. The number of nitrogens with zero attached hydrogens (tertiary/aromatic N) is 1. The summed E-state index contributed by atoms with van der Waals surface area (Å²) in [7, 11) is 0. The molecule has 0 spiro atoms. The normalized spacial score (nSPS) is 26.9. The second-order valence-corrected chi connectivity index (χ2v) is 5.24. The van der Waals surface area contributed by atoms with Crippen molar-refractivity contribution < 1.29 is 0 Å². The zero-order chi connectivity index (χ0) is 10.0. The molecule has 2 N–H and O–H groups in total. The van der Waals surface area contributed by atoms with Crippen LogP contribution < -0.4 is 10.6 Å². The van der Waals surface area contributed by atoms with E-state index in [0.29, 0.717) is 11.5 Å². The maximum absolute atomic E-state index is 4.36. The van der Waals surface area contributed by atoms with Crippen LogP contribution >= 0.6 is 0 Å². The number of hydrogen-bond donors (Lipinski definition) is 2. The van der Waals surface area contributed by atoms with E-state index in [-0.39, 0.29) is 0 Å². The Kier molecular flexibility index (Phi) is 2.66. The van der Waals surface area contributed by atoms with Crippen LogP contribution in [0.25, 0.3) is 0 Å². The third-order valence-electron chi connectivity index (χ3n) is 3.35. The first-order valence-corrected chi connectivity index (χ1v) is 5.71. The van der Waals surface area contributed by atoms with Crippen LogP contribution in [0, 0.1) is 5.41 Å². The molecule has 1 fully saturated rings. The van der Waals surface area contributed by atoms with E-state index in [4.69, 9.17) is 0 Å². The summed E-state index contributed by atoms with van der Waals surface area (Å²) in [6, 6.07) is 0.646. The molecule has 0 bridgehead atoms. The molecule has 0 aromatic heterocycles. The summed E-state index contributed by atoms with van der Waals surface area (Å²) in [5.74, 6) is 1.02. The Hall–Kier alpha value is -0.730. The van der Waals surface area contributed by atoms with Crippen molar-refractivity contribution in [3.05, 3.63) is 0 Å². The molecule has 1 saturated carbocycles. The number of hydrogen-bond acceptors (Lipinski definition) is 3. The molecule has 0 amide bonds. The Labute approximate surface area is 86.4 Å². The van der Waals surface area contributed by atoms with Crippen molar-refractivity contribution in [2.75, 3.05) is 13.1 Å². The van der Waals surface area contributed by atoms with Gasteiger partial charge in [0.25, 0.3) is 0 Å². The molecular formula is C11H21N3. The molecule has 0 aromatic carbocycles. The van der Waals surface area contributed by atoms with E-state index in [0.717, 1.165) is 19.0 Å². The molecule has 0 atom stereocenters. The van der Waals surface area contributed by atoms with Crippen molar-refractivity contribution >= 4 is 5.96 Å². The topological polar surface area (TPSA) is 36.4 Å². The average molecular weight is 195 g/mol. The van der Waals surface area contributed by atoms with Crippen LogP contribution in [0.5, 0.6) is 0 Å². The number of guanidine groups is 1. The molecule has 14 heavy (non-hydrogen) atoms. The van der Waals surface area contributed by atoms with Crippen molar-refractivity contribution in [1.29, 1.82) is 0 Å². The summed E-state index contributed by atoms with van der Waals surface area (Å²) < 4.78 is 0. The number of rotatable bonds is 1. The molecule has 2 aliphatic rings. The predicted molar refractivity (Wildman–Crippen MR) is 59.5 cm³/mol. The molecule has 0 aromatic rings. The number of aliphatic imine (C=N–C) groups is 1. The lowest BCUT2D eigenvalue weighted by molar-refractivity contribution is 0.216. The van der Waals surface area contributed by atoms with Gasteiger partial charge in [0.2, 0.25) is 0 Å². The van der Waals surface area contributed by atoms with E-state index in [1.165, 1.54) is 25.7 Å². The van der Waals surface area contributed by atoms with Gasteiger partial charge in [0.15, 0.2) is 5.96 Å². The molecule has 3 nitrogen and oxygen atoms in total.